The number of benzene rings is 1. The lowest BCUT2D eigenvalue weighted by atomic mass is 10.1. The third-order valence-electron chi connectivity index (χ3n) is 2.70. The van der Waals surface area contributed by atoms with Crippen LogP contribution in [0.15, 0.2) is 18.2 Å². The van der Waals surface area contributed by atoms with Gasteiger partial charge in [-0.1, -0.05) is 0 Å². The molecular formula is C12H15N3O2. The summed E-state index contributed by atoms with van der Waals surface area (Å²) in [6.07, 6.45) is 0.386. The van der Waals surface area contributed by atoms with E-state index in [1.807, 2.05) is 18.9 Å². The lowest BCUT2D eigenvalue weighted by Crippen LogP contribution is -2.29. The Morgan fingerprint density at radius 3 is 2.76 bits per heavy atom. The number of nitrogens with zero attached hydrogens (tertiary/aromatic N) is 2. The van der Waals surface area contributed by atoms with Gasteiger partial charge in [0, 0.05) is 13.1 Å². The zero-order valence-electron chi connectivity index (χ0n) is 9.84. The summed E-state index contributed by atoms with van der Waals surface area (Å²) in [5, 5.41) is 17.5. The molecule has 1 rings (SSSR count). The van der Waals surface area contributed by atoms with Gasteiger partial charge in [-0.25, -0.2) is 4.79 Å². The Balaban J connectivity index is 3.00. The molecule has 0 saturated heterocycles. The van der Waals surface area contributed by atoms with Crippen LogP contribution in [0.2, 0.25) is 0 Å². The predicted molar refractivity (Wildman–Crippen MR) is 65.9 cm³/mol. The second-order valence-corrected chi connectivity index (χ2v) is 3.90. The van der Waals surface area contributed by atoms with Crippen LogP contribution in [0.4, 0.5) is 11.4 Å². The summed E-state index contributed by atoms with van der Waals surface area (Å²) in [7, 11) is 1.83. The largest absolute Gasteiger partial charge is 0.478 e. The maximum atomic E-state index is 10.8. The highest BCUT2D eigenvalue weighted by atomic mass is 16.4. The van der Waals surface area contributed by atoms with E-state index in [1.165, 1.54) is 12.1 Å². The van der Waals surface area contributed by atoms with Crippen molar-refractivity contribution in [3.05, 3.63) is 23.8 Å². The molecule has 1 atom stereocenters. The number of nitriles is 1. The summed E-state index contributed by atoms with van der Waals surface area (Å²) in [5.74, 6) is -1.00. The van der Waals surface area contributed by atoms with Gasteiger partial charge in [-0.15, -0.1) is 0 Å². The van der Waals surface area contributed by atoms with Gasteiger partial charge in [-0.2, -0.15) is 5.26 Å². The Kier molecular flexibility index (Phi) is 3.94. The molecule has 90 valence electrons. The van der Waals surface area contributed by atoms with Crippen LogP contribution >= 0.6 is 0 Å². The molecule has 17 heavy (non-hydrogen) atoms. The van der Waals surface area contributed by atoms with E-state index in [9.17, 15) is 4.79 Å². The molecule has 1 aromatic rings. The van der Waals surface area contributed by atoms with Gasteiger partial charge in [-0.05, 0) is 25.1 Å². The molecule has 0 saturated carbocycles. The first-order chi connectivity index (χ1) is 7.97. The van der Waals surface area contributed by atoms with Crippen molar-refractivity contribution in [2.75, 3.05) is 17.7 Å². The number of nitrogens with two attached hydrogens (primary N) is 1. The number of hydrogen-bond donors (Lipinski definition) is 2. The summed E-state index contributed by atoms with van der Waals surface area (Å²) in [4.78, 5) is 12.6. The van der Waals surface area contributed by atoms with Crippen LogP contribution in [0.1, 0.15) is 23.7 Å². The monoisotopic (exact) mass is 233 g/mol. The quantitative estimate of drug-likeness (QED) is 0.772. The first-order valence-electron chi connectivity index (χ1n) is 5.20. The molecule has 5 nitrogen and oxygen atoms in total. The van der Waals surface area contributed by atoms with Gasteiger partial charge in [-0.3, -0.25) is 0 Å². The Morgan fingerprint density at radius 2 is 2.29 bits per heavy atom. The van der Waals surface area contributed by atoms with E-state index in [1.54, 1.807) is 6.07 Å². The van der Waals surface area contributed by atoms with Crippen LogP contribution in [-0.4, -0.2) is 24.2 Å². The molecule has 0 aliphatic heterocycles. The van der Waals surface area contributed by atoms with Crippen molar-refractivity contribution in [1.29, 1.82) is 5.26 Å². The second kappa shape index (κ2) is 5.21. The molecule has 0 aliphatic carbocycles. The van der Waals surface area contributed by atoms with Crippen molar-refractivity contribution in [3.63, 3.8) is 0 Å². The molecule has 0 heterocycles. The number of carbonyl (C=O) groups is 1. The molecule has 3 N–H and O–H groups in total. The molecular weight excluding hydrogens is 218 g/mol. The first-order valence-corrected chi connectivity index (χ1v) is 5.20. The van der Waals surface area contributed by atoms with Crippen molar-refractivity contribution < 1.29 is 9.90 Å². The van der Waals surface area contributed by atoms with Crippen molar-refractivity contribution in [2.24, 2.45) is 0 Å². The van der Waals surface area contributed by atoms with Gasteiger partial charge in [0.15, 0.2) is 0 Å². The van der Waals surface area contributed by atoms with E-state index in [2.05, 4.69) is 6.07 Å². The average molecular weight is 233 g/mol. The number of carboxylic acid groups (broad SMARTS) is 1. The fraction of sp³-hybridized carbons (Fsp3) is 0.333. The number of carboxylic acids is 1. The van der Waals surface area contributed by atoms with Gasteiger partial charge < -0.3 is 15.7 Å². The zero-order valence-corrected chi connectivity index (χ0v) is 9.84. The van der Waals surface area contributed by atoms with E-state index >= 15 is 0 Å². The minimum Gasteiger partial charge on any atom is -0.478 e. The molecule has 0 aromatic heterocycles. The highest BCUT2D eigenvalue weighted by Crippen LogP contribution is 2.25. The van der Waals surface area contributed by atoms with E-state index in [4.69, 9.17) is 16.1 Å². The summed E-state index contributed by atoms with van der Waals surface area (Å²) < 4.78 is 0. The van der Waals surface area contributed by atoms with Crippen molar-refractivity contribution in [3.8, 4) is 6.07 Å². The molecule has 0 aliphatic rings. The Labute approximate surface area is 100 Å². The number of rotatable bonds is 4. The Bertz CT molecular complexity index is 465. The first kappa shape index (κ1) is 12.8. The van der Waals surface area contributed by atoms with E-state index in [0.717, 1.165) is 5.69 Å². The summed E-state index contributed by atoms with van der Waals surface area (Å²) in [6.45, 7) is 1.91. The number of hydrogen-bond acceptors (Lipinski definition) is 4. The van der Waals surface area contributed by atoms with Gasteiger partial charge in [0.2, 0.25) is 0 Å². The van der Waals surface area contributed by atoms with Gasteiger partial charge in [0.05, 0.1) is 29.4 Å². The molecule has 0 spiro atoms. The summed E-state index contributed by atoms with van der Waals surface area (Å²) in [6, 6.07) is 6.70. The van der Waals surface area contributed by atoms with E-state index in [0.29, 0.717) is 12.1 Å². The normalized spacial score (nSPS) is 11.6. The fourth-order valence-corrected chi connectivity index (χ4v) is 1.52. The smallest absolute Gasteiger partial charge is 0.335 e. The van der Waals surface area contributed by atoms with Crippen LogP contribution in [0.25, 0.3) is 0 Å². The highest BCUT2D eigenvalue weighted by molar-refractivity contribution is 5.90. The lowest BCUT2D eigenvalue weighted by molar-refractivity contribution is 0.0697. The molecule has 1 unspecified atom stereocenters. The van der Waals surface area contributed by atoms with Crippen LogP contribution in [0.3, 0.4) is 0 Å². The minimum absolute atomic E-state index is 0.0259. The number of anilines is 2. The molecule has 0 amide bonds. The molecule has 0 bridgehead atoms. The molecule has 1 aromatic carbocycles. The van der Waals surface area contributed by atoms with E-state index in [-0.39, 0.29) is 11.6 Å². The molecule has 0 radical (unpaired) electrons. The molecule has 0 fully saturated rings. The zero-order chi connectivity index (χ0) is 13.0. The van der Waals surface area contributed by atoms with Gasteiger partial charge >= 0.3 is 5.97 Å². The van der Waals surface area contributed by atoms with Gasteiger partial charge in [0.25, 0.3) is 0 Å². The summed E-state index contributed by atoms with van der Waals surface area (Å²) in [5.41, 5.74) is 7.10. The third kappa shape index (κ3) is 2.88. The van der Waals surface area contributed by atoms with Crippen LogP contribution in [0.5, 0.6) is 0 Å². The Hall–Kier alpha value is -2.22. The van der Waals surface area contributed by atoms with Gasteiger partial charge in [0.1, 0.15) is 0 Å². The molecule has 5 heteroatoms. The standard InChI is InChI=1S/C12H15N3O2/c1-8(5-6-13)15(2)11-4-3-9(12(16)17)7-10(11)14/h3-4,7-8H,5,14H2,1-2H3,(H,16,17). The van der Waals surface area contributed by atoms with Crippen LogP contribution < -0.4 is 10.6 Å². The minimum atomic E-state index is -1.00. The third-order valence-corrected chi connectivity index (χ3v) is 2.70. The average Bonchev–Trinajstić information content (AvgIpc) is 2.28. The van der Waals surface area contributed by atoms with Crippen molar-refractivity contribution >= 4 is 17.3 Å². The highest BCUT2D eigenvalue weighted by Gasteiger charge is 2.13. The number of aromatic carboxylic acids is 1. The summed E-state index contributed by atoms with van der Waals surface area (Å²) >= 11 is 0. The predicted octanol–water partition coefficient (Wildman–Crippen LogP) is 1.71. The van der Waals surface area contributed by atoms with Crippen LogP contribution in [-0.2, 0) is 0 Å². The maximum absolute atomic E-state index is 10.8. The lowest BCUT2D eigenvalue weighted by Gasteiger charge is -2.26. The maximum Gasteiger partial charge on any atom is 0.335 e. The fourth-order valence-electron chi connectivity index (χ4n) is 1.52. The topological polar surface area (TPSA) is 90.3 Å². The Morgan fingerprint density at radius 1 is 1.65 bits per heavy atom. The van der Waals surface area contributed by atoms with E-state index < -0.39 is 5.97 Å². The van der Waals surface area contributed by atoms with Crippen molar-refractivity contribution in [2.45, 2.75) is 19.4 Å². The SMILES string of the molecule is CC(CC#N)N(C)c1ccc(C(=O)O)cc1N. The van der Waals surface area contributed by atoms with Crippen molar-refractivity contribution in [1.82, 2.24) is 0 Å². The second-order valence-electron chi connectivity index (χ2n) is 3.90. The number of nitrogen functional groups attached to an aromatic ring is 1. The van der Waals surface area contributed by atoms with Crippen LogP contribution in [0, 0.1) is 11.3 Å².